The summed E-state index contributed by atoms with van der Waals surface area (Å²) in [6, 6.07) is 12.8. The largest absolute Gasteiger partial charge is 0.493 e. The Labute approximate surface area is 266 Å². The second kappa shape index (κ2) is 16.0. The molecule has 230 valence electrons. The molecule has 0 radical (unpaired) electrons. The van der Waals surface area contributed by atoms with E-state index >= 15 is 0 Å². The van der Waals surface area contributed by atoms with Crippen molar-refractivity contribution in [1.29, 1.82) is 0 Å². The third-order valence-electron chi connectivity index (χ3n) is 8.67. The zero-order valence-corrected chi connectivity index (χ0v) is 26.6. The molecule has 2 aromatic carbocycles. The lowest BCUT2D eigenvalue weighted by molar-refractivity contribution is -0.134. The van der Waals surface area contributed by atoms with Crippen molar-refractivity contribution >= 4 is 47.5 Å². The summed E-state index contributed by atoms with van der Waals surface area (Å²) < 4.78 is 6.26. The number of amides is 3. The maximum Gasteiger partial charge on any atom is 0.318 e. The monoisotopic (exact) mass is 636 g/mol. The number of likely N-dealkylation sites (tertiary alicyclic amines) is 3. The van der Waals surface area contributed by atoms with Gasteiger partial charge in [0.25, 0.3) is 0 Å². The Balaban J connectivity index is 0.00000405. The minimum Gasteiger partial charge on any atom is -0.493 e. The van der Waals surface area contributed by atoms with Gasteiger partial charge in [-0.1, -0.05) is 47.5 Å². The predicted molar refractivity (Wildman–Crippen MR) is 171 cm³/mol. The van der Waals surface area contributed by atoms with Crippen LogP contribution in [-0.4, -0.2) is 85.1 Å². The number of hydrogen-bond donors (Lipinski definition) is 1. The van der Waals surface area contributed by atoms with Crippen molar-refractivity contribution in [2.75, 3.05) is 52.4 Å². The first-order valence-electron chi connectivity index (χ1n) is 15.2. The van der Waals surface area contributed by atoms with Crippen LogP contribution in [0.25, 0.3) is 0 Å². The lowest BCUT2D eigenvalue weighted by Gasteiger charge is -2.35. The van der Waals surface area contributed by atoms with E-state index in [4.69, 9.17) is 27.9 Å². The molecule has 0 spiro atoms. The fourth-order valence-corrected chi connectivity index (χ4v) is 6.81. The molecule has 3 heterocycles. The zero-order valence-electron chi connectivity index (χ0n) is 24.2. The summed E-state index contributed by atoms with van der Waals surface area (Å²) in [5.74, 6) is 1.23. The molecule has 1 atom stereocenters. The Morgan fingerprint density at radius 1 is 0.905 bits per heavy atom. The molecule has 0 saturated carbocycles. The van der Waals surface area contributed by atoms with E-state index in [1.165, 1.54) is 31.5 Å². The topological polar surface area (TPSA) is 65.1 Å². The molecular formula is C32H43Cl3N4O3. The number of piperidine rings is 1. The number of benzene rings is 2. The van der Waals surface area contributed by atoms with Crippen LogP contribution in [0.2, 0.25) is 10.0 Å². The summed E-state index contributed by atoms with van der Waals surface area (Å²) in [4.78, 5) is 33.0. The highest BCUT2D eigenvalue weighted by Crippen LogP contribution is 2.34. The minimum atomic E-state index is -0.690. The molecule has 2 aromatic rings. The lowest BCUT2D eigenvalue weighted by atomic mass is 9.88. The molecule has 3 aliphatic rings. The van der Waals surface area contributed by atoms with Gasteiger partial charge in [0.05, 0.1) is 6.61 Å². The maximum atomic E-state index is 13.8. The number of nitrogens with one attached hydrogen (secondary N) is 1. The van der Waals surface area contributed by atoms with Gasteiger partial charge in [0.1, 0.15) is 11.8 Å². The zero-order chi connectivity index (χ0) is 28.6. The summed E-state index contributed by atoms with van der Waals surface area (Å²) in [5, 5.41) is 4.07. The van der Waals surface area contributed by atoms with E-state index in [2.05, 4.69) is 28.4 Å². The molecule has 3 saturated heterocycles. The van der Waals surface area contributed by atoms with Gasteiger partial charge in [0.15, 0.2) is 0 Å². The molecule has 0 bridgehead atoms. The van der Waals surface area contributed by atoms with Gasteiger partial charge in [-0.25, -0.2) is 4.79 Å². The molecule has 0 aromatic heterocycles. The number of hydrogen-bond acceptors (Lipinski definition) is 4. The van der Waals surface area contributed by atoms with Crippen LogP contribution in [-0.2, 0) is 11.2 Å². The van der Waals surface area contributed by atoms with Gasteiger partial charge in [-0.15, -0.1) is 12.4 Å². The Kier molecular flexibility index (Phi) is 12.5. The third kappa shape index (κ3) is 8.68. The SMILES string of the molecule is Cl.O=C(N[C@H](Cc1ccc(Cl)cc1Cl)C(=O)N1CCC(c2ccccc2OCCCN2CCCC2)CC1)N1CCCC1. The molecule has 3 fully saturated rings. The standard InChI is InChI=1S/C32H42Cl2N4O3.ClH/c33-26-11-10-25(28(34)23-26)22-29(35-32(40)38-17-5-6-18-38)31(39)37-19-12-24(13-20-37)27-8-1-2-9-30(27)41-21-7-16-36-14-3-4-15-36;/h1-2,8-11,23-24,29H,3-7,12-22H2,(H,35,40);1H/t29-;/m1./s1. The van der Waals surface area contributed by atoms with Gasteiger partial charge in [-0.2, -0.15) is 0 Å². The van der Waals surface area contributed by atoms with Crippen molar-refractivity contribution in [3.63, 3.8) is 0 Å². The number of halogens is 3. The Morgan fingerprint density at radius 3 is 2.31 bits per heavy atom. The molecule has 42 heavy (non-hydrogen) atoms. The normalized spacial score (nSPS) is 18.5. The molecular weight excluding hydrogens is 595 g/mol. The summed E-state index contributed by atoms with van der Waals surface area (Å²) in [7, 11) is 0. The fraction of sp³-hybridized carbons (Fsp3) is 0.562. The number of carbonyl (C=O) groups is 2. The van der Waals surface area contributed by atoms with Gasteiger partial charge in [0, 0.05) is 49.2 Å². The highest BCUT2D eigenvalue weighted by atomic mass is 35.5. The van der Waals surface area contributed by atoms with Crippen LogP contribution in [0.5, 0.6) is 5.75 Å². The van der Waals surface area contributed by atoms with Crippen LogP contribution in [0.1, 0.15) is 62.0 Å². The first-order chi connectivity index (χ1) is 20.0. The van der Waals surface area contributed by atoms with Crippen molar-refractivity contribution in [2.45, 2.75) is 63.3 Å². The van der Waals surface area contributed by atoms with Crippen molar-refractivity contribution in [3.05, 3.63) is 63.6 Å². The average molecular weight is 638 g/mol. The number of nitrogens with zero attached hydrogens (tertiary/aromatic N) is 3. The van der Waals surface area contributed by atoms with Gasteiger partial charge in [0.2, 0.25) is 5.91 Å². The first kappa shape index (κ1) is 32.7. The summed E-state index contributed by atoms with van der Waals surface area (Å²) in [6.07, 6.45) is 7.67. The maximum absolute atomic E-state index is 13.8. The molecule has 1 N–H and O–H groups in total. The van der Waals surface area contributed by atoms with Crippen LogP contribution in [0.15, 0.2) is 42.5 Å². The number of para-hydroxylation sites is 1. The molecule has 10 heteroatoms. The average Bonchev–Trinajstić information content (AvgIpc) is 3.71. The van der Waals surface area contributed by atoms with Crippen LogP contribution in [0, 0.1) is 0 Å². The molecule has 0 unspecified atom stereocenters. The number of urea groups is 1. The molecule has 3 aliphatic heterocycles. The van der Waals surface area contributed by atoms with E-state index in [0.29, 0.717) is 35.5 Å². The van der Waals surface area contributed by atoms with E-state index in [1.807, 2.05) is 17.0 Å². The van der Waals surface area contributed by atoms with Crippen molar-refractivity contribution in [2.24, 2.45) is 0 Å². The third-order valence-corrected chi connectivity index (χ3v) is 9.26. The quantitative estimate of drug-likeness (QED) is 0.306. The van der Waals surface area contributed by atoms with E-state index in [-0.39, 0.29) is 24.3 Å². The predicted octanol–water partition coefficient (Wildman–Crippen LogP) is 6.40. The van der Waals surface area contributed by atoms with E-state index in [0.717, 1.165) is 69.7 Å². The molecule has 3 amide bonds. The fourth-order valence-electron chi connectivity index (χ4n) is 6.32. The van der Waals surface area contributed by atoms with Crippen molar-refractivity contribution in [3.8, 4) is 5.75 Å². The first-order valence-corrected chi connectivity index (χ1v) is 16.0. The van der Waals surface area contributed by atoms with Gasteiger partial charge in [-0.05, 0) is 93.3 Å². The molecule has 7 nitrogen and oxygen atoms in total. The number of rotatable bonds is 10. The number of carbonyl (C=O) groups excluding carboxylic acids is 2. The van der Waals surface area contributed by atoms with Crippen molar-refractivity contribution in [1.82, 2.24) is 20.0 Å². The molecule has 0 aliphatic carbocycles. The van der Waals surface area contributed by atoms with E-state index in [9.17, 15) is 9.59 Å². The Hall–Kier alpha value is -2.19. The molecule has 5 rings (SSSR count). The van der Waals surface area contributed by atoms with Gasteiger partial charge in [-0.3, -0.25) is 4.79 Å². The van der Waals surface area contributed by atoms with Crippen LogP contribution in [0.4, 0.5) is 4.79 Å². The minimum absolute atomic E-state index is 0. The van der Waals surface area contributed by atoms with E-state index < -0.39 is 6.04 Å². The lowest BCUT2D eigenvalue weighted by Crippen LogP contribution is -2.54. The van der Waals surface area contributed by atoms with Gasteiger partial charge >= 0.3 is 6.03 Å². The smallest absolute Gasteiger partial charge is 0.318 e. The highest BCUT2D eigenvalue weighted by Gasteiger charge is 2.32. The van der Waals surface area contributed by atoms with Crippen LogP contribution in [0.3, 0.4) is 0 Å². The second-order valence-corrected chi connectivity index (χ2v) is 12.4. The highest BCUT2D eigenvalue weighted by molar-refractivity contribution is 6.35. The Bertz CT molecular complexity index is 1180. The number of ether oxygens (including phenoxy) is 1. The van der Waals surface area contributed by atoms with Gasteiger partial charge < -0.3 is 24.8 Å². The Morgan fingerprint density at radius 2 is 1.60 bits per heavy atom. The summed E-state index contributed by atoms with van der Waals surface area (Å²) >= 11 is 12.6. The summed E-state index contributed by atoms with van der Waals surface area (Å²) in [5.41, 5.74) is 2.02. The van der Waals surface area contributed by atoms with Crippen LogP contribution >= 0.6 is 35.6 Å². The van der Waals surface area contributed by atoms with E-state index in [1.54, 1.807) is 17.0 Å². The van der Waals surface area contributed by atoms with Crippen LogP contribution < -0.4 is 10.1 Å². The second-order valence-electron chi connectivity index (χ2n) is 11.5. The summed E-state index contributed by atoms with van der Waals surface area (Å²) in [6.45, 7) is 6.95. The van der Waals surface area contributed by atoms with Crippen molar-refractivity contribution < 1.29 is 14.3 Å².